The van der Waals surface area contributed by atoms with E-state index < -0.39 is 0 Å². The van der Waals surface area contributed by atoms with E-state index in [1.165, 1.54) is 16.0 Å². The van der Waals surface area contributed by atoms with Gasteiger partial charge in [-0.2, -0.15) is 5.10 Å². The van der Waals surface area contributed by atoms with Gasteiger partial charge < -0.3 is 14.5 Å². The second-order valence-corrected chi connectivity index (χ2v) is 8.49. The Hall–Kier alpha value is -2.26. The molecule has 2 aliphatic rings. The van der Waals surface area contributed by atoms with E-state index in [9.17, 15) is 9.59 Å². The number of nitrogens with zero attached hydrogens (tertiary/aromatic N) is 5. The summed E-state index contributed by atoms with van der Waals surface area (Å²) in [4.78, 5) is 34.7. The van der Waals surface area contributed by atoms with Crippen molar-refractivity contribution in [1.82, 2.24) is 19.7 Å². The van der Waals surface area contributed by atoms with Crippen molar-refractivity contribution in [3.05, 3.63) is 38.2 Å². The molecule has 0 saturated carbocycles. The van der Waals surface area contributed by atoms with Crippen molar-refractivity contribution >= 4 is 22.9 Å². The molecule has 0 aliphatic carbocycles. The van der Waals surface area contributed by atoms with Gasteiger partial charge in [-0.05, 0) is 26.7 Å². The summed E-state index contributed by atoms with van der Waals surface area (Å²) in [6.45, 7) is 7.85. The molecule has 0 bridgehead atoms. The van der Waals surface area contributed by atoms with Crippen molar-refractivity contribution in [1.29, 1.82) is 0 Å². The molecular weight excluding hydrogens is 378 g/mol. The third kappa shape index (κ3) is 3.81. The van der Waals surface area contributed by atoms with Gasteiger partial charge in [0, 0.05) is 32.2 Å². The zero-order chi connectivity index (χ0) is 19.7. The average Bonchev–Trinajstić information content (AvgIpc) is 3.06. The average molecular weight is 404 g/mol. The first-order chi connectivity index (χ1) is 13.5. The number of amides is 1. The van der Waals surface area contributed by atoms with Crippen LogP contribution in [0.4, 0.5) is 5.69 Å². The molecule has 1 unspecified atom stereocenters. The van der Waals surface area contributed by atoms with Crippen LogP contribution in [0, 0.1) is 13.8 Å². The second kappa shape index (κ2) is 8.00. The molecule has 0 spiro atoms. The van der Waals surface area contributed by atoms with Crippen molar-refractivity contribution in [2.75, 3.05) is 44.3 Å². The predicted octanol–water partition coefficient (Wildman–Crippen LogP) is 1.63. The maximum atomic E-state index is 12.9. The molecular formula is C19H25N5O3S. The van der Waals surface area contributed by atoms with E-state index in [0.29, 0.717) is 31.2 Å². The molecule has 28 heavy (non-hydrogen) atoms. The Morgan fingerprint density at radius 1 is 1.25 bits per heavy atom. The number of carbonyl (C=O) groups is 1. The lowest BCUT2D eigenvalue weighted by molar-refractivity contribution is 0.0674. The molecule has 2 aromatic rings. The summed E-state index contributed by atoms with van der Waals surface area (Å²) in [6.07, 6.45) is 3.45. The second-order valence-electron chi connectivity index (χ2n) is 7.29. The van der Waals surface area contributed by atoms with E-state index >= 15 is 0 Å². The van der Waals surface area contributed by atoms with Gasteiger partial charge in [0.05, 0.1) is 41.8 Å². The molecule has 2 fully saturated rings. The summed E-state index contributed by atoms with van der Waals surface area (Å²) in [5.74, 6) is 0.00536. The first-order valence-electron chi connectivity index (χ1n) is 9.68. The van der Waals surface area contributed by atoms with Crippen LogP contribution >= 0.6 is 11.3 Å². The predicted molar refractivity (Wildman–Crippen MR) is 107 cm³/mol. The topological polar surface area (TPSA) is 80.6 Å². The summed E-state index contributed by atoms with van der Waals surface area (Å²) in [7, 11) is 0. The van der Waals surface area contributed by atoms with E-state index in [2.05, 4.69) is 15.0 Å². The van der Waals surface area contributed by atoms with Crippen molar-refractivity contribution in [2.45, 2.75) is 32.7 Å². The Morgan fingerprint density at radius 2 is 2.04 bits per heavy atom. The quantitative estimate of drug-likeness (QED) is 0.775. The molecule has 0 aromatic carbocycles. The van der Waals surface area contributed by atoms with E-state index in [1.807, 2.05) is 18.7 Å². The van der Waals surface area contributed by atoms with Crippen LogP contribution in [0.3, 0.4) is 0 Å². The van der Waals surface area contributed by atoms with Crippen LogP contribution in [0.1, 0.15) is 39.3 Å². The third-order valence-corrected chi connectivity index (χ3v) is 6.38. The lowest BCUT2D eigenvalue weighted by Crippen LogP contribution is -2.44. The summed E-state index contributed by atoms with van der Waals surface area (Å²) in [5, 5.41) is 5.33. The molecule has 2 aromatic heterocycles. The van der Waals surface area contributed by atoms with Gasteiger partial charge in [0.25, 0.3) is 11.5 Å². The highest BCUT2D eigenvalue weighted by Crippen LogP contribution is 2.25. The fraction of sp³-hybridized carbons (Fsp3) is 0.579. The van der Waals surface area contributed by atoms with Gasteiger partial charge in [-0.3, -0.25) is 9.59 Å². The standard InChI is InChI=1S/C19H25N5O3S/c1-13-18(28-14(2)21-13)19(26)23-5-3-4-15(12-23)24-17(25)10-16(11-20-24)22-6-8-27-9-7-22/h10-11,15H,3-9,12H2,1-2H3. The number of thiazole rings is 1. The van der Waals surface area contributed by atoms with Crippen molar-refractivity contribution in [3.63, 3.8) is 0 Å². The smallest absolute Gasteiger partial charge is 0.269 e. The van der Waals surface area contributed by atoms with Gasteiger partial charge in [-0.15, -0.1) is 11.3 Å². The minimum atomic E-state index is -0.117. The number of hydrogen-bond donors (Lipinski definition) is 0. The molecule has 2 aliphatic heterocycles. The number of aromatic nitrogens is 3. The van der Waals surface area contributed by atoms with Crippen molar-refractivity contribution < 1.29 is 9.53 Å². The SMILES string of the molecule is Cc1nc(C)c(C(=O)N2CCCC(n3ncc(N4CCOCC4)cc3=O)C2)s1. The molecule has 150 valence electrons. The first kappa shape index (κ1) is 19.1. The van der Waals surface area contributed by atoms with Crippen LogP contribution < -0.4 is 10.5 Å². The first-order valence-corrected chi connectivity index (χ1v) is 10.5. The third-order valence-electron chi connectivity index (χ3n) is 5.32. The Labute approximate surface area is 167 Å². The minimum absolute atomic E-state index is 0.00536. The lowest BCUT2D eigenvalue weighted by atomic mass is 10.1. The molecule has 0 radical (unpaired) electrons. The Kier molecular flexibility index (Phi) is 5.45. The molecule has 8 nitrogen and oxygen atoms in total. The van der Waals surface area contributed by atoms with Gasteiger partial charge in [0.2, 0.25) is 0 Å². The highest BCUT2D eigenvalue weighted by Gasteiger charge is 2.29. The van der Waals surface area contributed by atoms with E-state index in [4.69, 9.17) is 4.74 Å². The number of morpholine rings is 1. The summed E-state index contributed by atoms with van der Waals surface area (Å²) < 4.78 is 6.90. The van der Waals surface area contributed by atoms with Crippen molar-refractivity contribution in [2.24, 2.45) is 0 Å². The maximum Gasteiger partial charge on any atom is 0.269 e. The Morgan fingerprint density at radius 3 is 2.71 bits per heavy atom. The molecule has 4 heterocycles. The van der Waals surface area contributed by atoms with Crippen LogP contribution in [0.25, 0.3) is 0 Å². The van der Waals surface area contributed by atoms with E-state index in [0.717, 1.165) is 42.3 Å². The highest BCUT2D eigenvalue weighted by atomic mass is 32.1. The molecule has 0 N–H and O–H groups in total. The lowest BCUT2D eigenvalue weighted by Gasteiger charge is -2.33. The molecule has 9 heteroatoms. The fourth-order valence-corrected chi connectivity index (χ4v) is 4.78. The maximum absolute atomic E-state index is 12.9. The van der Waals surface area contributed by atoms with Crippen LogP contribution in [0.5, 0.6) is 0 Å². The van der Waals surface area contributed by atoms with E-state index in [-0.39, 0.29) is 17.5 Å². The van der Waals surface area contributed by atoms with Gasteiger partial charge in [-0.1, -0.05) is 0 Å². The van der Waals surface area contributed by atoms with Crippen LogP contribution in [-0.4, -0.2) is 65.0 Å². The molecule has 2 saturated heterocycles. The van der Waals surface area contributed by atoms with Crippen LogP contribution in [0.15, 0.2) is 17.1 Å². The van der Waals surface area contributed by atoms with Gasteiger partial charge in [-0.25, -0.2) is 9.67 Å². The molecule has 4 rings (SSSR count). The number of rotatable bonds is 3. The van der Waals surface area contributed by atoms with Gasteiger partial charge >= 0.3 is 0 Å². The fourth-order valence-electron chi connectivity index (χ4n) is 3.89. The molecule has 1 atom stereocenters. The summed E-state index contributed by atoms with van der Waals surface area (Å²) in [5.41, 5.74) is 1.50. The monoisotopic (exact) mass is 403 g/mol. The van der Waals surface area contributed by atoms with Gasteiger partial charge in [0.1, 0.15) is 4.88 Å². The largest absolute Gasteiger partial charge is 0.378 e. The summed E-state index contributed by atoms with van der Waals surface area (Å²) in [6, 6.07) is 1.55. The highest BCUT2D eigenvalue weighted by molar-refractivity contribution is 7.13. The minimum Gasteiger partial charge on any atom is -0.378 e. The zero-order valence-electron chi connectivity index (χ0n) is 16.3. The Balaban J connectivity index is 1.50. The van der Waals surface area contributed by atoms with Gasteiger partial charge in [0.15, 0.2) is 0 Å². The Bertz CT molecular complexity index is 919. The normalized spacial score (nSPS) is 20.4. The number of ether oxygens (including phenoxy) is 1. The number of piperidine rings is 1. The van der Waals surface area contributed by atoms with Crippen molar-refractivity contribution in [3.8, 4) is 0 Å². The van der Waals surface area contributed by atoms with E-state index in [1.54, 1.807) is 12.3 Å². The number of carbonyl (C=O) groups excluding carboxylic acids is 1. The summed E-state index contributed by atoms with van der Waals surface area (Å²) >= 11 is 1.43. The molecule has 1 amide bonds. The number of likely N-dealkylation sites (tertiary alicyclic amines) is 1. The van der Waals surface area contributed by atoms with Crippen LogP contribution in [-0.2, 0) is 4.74 Å². The number of aryl methyl sites for hydroxylation is 2. The van der Waals surface area contributed by atoms with Crippen LogP contribution in [0.2, 0.25) is 0 Å². The number of hydrogen-bond acceptors (Lipinski definition) is 7. The zero-order valence-corrected chi connectivity index (χ0v) is 17.1. The number of anilines is 1.